The van der Waals surface area contributed by atoms with Crippen LogP contribution >= 0.6 is 27.3 Å². The smallest absolute Gasteiger partial charge is 0.254 e. The topological polar surface area (TPSA) is 40.6 Å². The second-order valence-electron chi connectivity index (χ2n) is 5.41. The standard InChI is InChI=1S/C14H19BrN2O2S/c1-10(2)7-13(18)16-3-5-17(6-4-16)14(19)11-8-12(15)20-9-11/h8-10H,3-7H2,1-2H3. The van der Waals surface area contributed by atoms with E-state index in [1.807, 2.05) is 35.1 Å². The van der Waals surface area contributed by atoms with E-state index < -0.39 is 0 Å². The molecule has 1 aliphatic rings. The number of thiophene rings is 1. The molecule has 110 valence electrons. The Labute approximate surface area is 131 Å². The van der Waals surface area contributed by atoms with Crippen LogP contribution in [-0.4, -0.2) is 47.8 Å². The largest absolute Gasteiger partial charge is 0.339 e. The average molecular weight is 359 g/mol. The van der Waals surface area contributed by atoms with Gasteiger partial charge >= 0.3 is 0 Å². The summed E-state index contributed by atoms with van der Waals surface area (Å²) in [6.45, 7) is 6.62. The van der Waals surface area contributed by atoms with E-state index in [4.69, 9.17) is 0 Å². The van der Waals surface area contributed by atoms with Gasteiger partial charge < -0.3 is 9.80 Å². The third-order valence-corrected chi connectivity index (χ3v) is 4.82. The van der Waals surface area contributed by atoms with Gasteiger partial charge in [0.05, 0.1) is 9.35 Å². The molecule has 0 bridgehead atoms. The monoisotopic (exact) mass is 358 g/mol. The molecule has 2 amide bonds. The highest BCUT2D eigenvalue weighted by molar-refractivity contribution is 9.11. The highest BCUT2D eigenvalue weighted by atomic mass is 79.9. The second-order valence-corrected chi connectivity index (χ2v) is 7.70. The van der Waals surface area contributed by atoms with Crippen LogP contribution in [0, 0.1) is 5.92 Å². The lowest BCUT2D eigenvalue weighted by Gasteiger charge is -2.35. The number of carbonyl (C=O) groups excluding carboxylic acids is 2. The molecule has 1 saturated heterocycles. The SMILES string of the molecule is CC(C)CC(=O)N1CCN(C(=O)c2csc(Br)c2)CC1. The van der Waals surface area contributed by atoms with Crippen LogP contribution in [-0.2, 0) is 4.79 Å². The maximum atomic E-state index is 12.3. The maximum Gasteiger partial charge on any atom is 0.254 e. The molecule has 0 N–H and O–H groups in total. The van der Waals surface area contributed by atoms with Gasteiger partial charge in [-0.05, 0) is 27.9 Å². The van der Waals surface area contributed by atoms with Gasteiger partial charge in [-0.3, -0.25) is 9.59 Å². The van der Waals surface area contributed by atoms with E-state index in [2.05, 4.69) is 15.9 Å². The van der Waals surface area contributed by atoms with Crippen LogP contribution in [0.15, 0.2) is 15.2 Å². The average Bonchev–Trinajstić information content (AvgIpc) is 2.84. The van der Waals surface area contributed by atoms with E-state index in [-0.39, 0.29) is 11.8 Å². The van der Waals surface area contributed by atoms with Crippen molar-refractivity contribution in [1.29, 1.82) is 0 Å². The molecular formula is C14H19BrN2O2S. The number of halogens is 1. The van der Waals surface area contributed by atoms with Gasteiger partial charge in [-0.25, -0.2) is 0 Å². The van der Waals surface area contributed by atoms with Crippen molar-refractivity contribution < 1.29 is 9.59 Å². The van der Waals surface area contributed by atoms with Crippen molar-refractivity contribution in [3.63, 3.8) is 0 Å². The molecule has 20 heavy (non-hydrogen) atoms. The molecule has 0 aliphatic carbocycles. The van der Waals surface area contributed by atoms with E-state index >= 15 is 0 Å². The fraction of sp³-hybridized carbons (Fsp3) is 0.571. The summed E-state index contributed by atoms with van der Waals surface area (Å²) in [4.78, 5) is 27.9. The first-order chi connectivity index (χ1) is 9.47. The van der Waals surface area contributed by atoms with Crippen molar-refractivity contribution in [3.05, 3.63) is 20.8 Å². The molecule has 0 aromatic carbocycles. The van der Waals surface area contributed by atoms with Crippen molar-refractivity contribution in [3.8, 4) is 0 Å². The number of nitrogens with zero attached hydrogens (tertiary/aromatic N) is 2. The molecule has 4 nitrogen and oxygen atoms in total. The first kappa shape index (κ1) is 15.5. The number of amides is 2. The predicted molar refractivity (Wildman–Crippen MR) is 84.0 cm³/mol. The number of hydrogen-bond donors (Lipinski definition) is 0. The van der Waals surface area contributed by atoms with E-state index in [1.54, 1.807) is 0 Å². The molecule has 1 aromatic rings. The summed E-state index contributed by atoms with van der Waals surface area (Å²) >= 11 is 4.88. The Hall–Kier alpha value is -0.880. The van der Waals surface area contributed by atoms with E-state index in [0.29, 0.717) is 38.5 Å². The van der Waals surface area contributed by atoms with Crippen molar-refractivity contribution >= 4 is 39.1 Å². The maximum absolute atomic E-state index is 12.3. The Kier molecular flexibility index (Phi) is 5.21. The van der Waals surface area contributed by atoms with Crippen LogP contribution < -0.4 is 0 Å². The molecule has 2 heterocycles. The van der Waals surface area contributed by atoms with Gasteiger partial charge in [0.2, 0.25) is 5.91 Å². The highest BCUT2D eigenvalue weighted by Gasteiger charge is 2.25. The predicted octanol–water partition coefficient (Wildman–Crippen LogP) is 2.84. The van der Waals surface area contributed by atoms with E-state index in [9.17, 15) is 9.59 Å². The summed E-state index contributed by atoms with van der Waals surface area (Å²) < 4.78 is 0.964. The molecule has 1 fully saturated rings. The zero-order valence-corrected chi connectivity index (χ0v) is 14.2. The molecule has 6 heteroatoms. The molecule has 0 atom stereocenters. The van der Waals surface area contributed by atoms with Crippen molar-refractivity contribution in [2.75, 3.05) is 26.2 Å². The summed E-state index contributed by atoms with van der Waals surface area (Å²) in [6.07, 6.45) is 0.589. The van der Waals surface area contributed by atoms with E-state index in [1.165, 1.54) is 11.3 Å². The Morgan fingerprint density at radius 3 is 2.35 bits per heavy atom. The minimum Gasteiger partial charge on any atom is -0.339 e. The Bertz CT molecular complexity index is 493. The van der Waals surface area contributed by atoms with Crippen molar-refractivity contribution in [2.24, 2.45) is 5.92 Å². The quantitative estimate of drug-likeness (QED) is 0.833. The number of rotatable bonds is 3. The summed E-state index contributed by atoms with van der Waals surface area (Å²) in [7, 11) is 0. The number of carbonyl (C=O) groups is 2. The van der Waals surface area contributed by atoms with Crippen molar-refractivity contribution in [2.45, 2.75) is 20.3 Å². The van der Waals surface area contributed by atoms with Crippen LogP contribution in [0.1, 0.15) is 30.6 Å². The van der Waals surface area contributed by atoms with Gasteiger partial charge in [-0.2, -0.15) is 0 Å². The Morgan fingerprint density at radius 1 is 1.25 bits per heavy atom. The third-order valence-electron chi connectivity index (χ3n) is 3.32. The lowest BCUT2D eigenvalue weighted by atomic mass is 10.1. The van der Waals surface area contributed by atoms with Crippen molar-refractivity contribution in [1.82, 2.24) is 9.80 Å². The molecule has 0 unspecified atom stereocenters. The van der Waals surface area contributed by atoms with Gasteiger partial charge in [-0.15, -0.1) is 11.3 Å². The third kappa shape index (κ3) is 3.82. The molecule has 0 radical (unpaired) electrons. The Balaban J connectivity index is 1.88. The molecule has 1 aliphatic heterocycles. The molecule has 0 saturated carbocycles. The first-order valence-corrected chi connectivity index (χ1v) is 8.45. The van der Waals surface area contributed by atoms with Crippen LogP contribution in [0.4, 0.5) is 0 Å². The fourth-order valence-electron chi connectivity index (χ4n) is 2.24. The molecular weight excluding hydrogens is 340 g/mol. The minimum atomic E-state index is 0.0582. The van der Waals surface area contributed by atoms with Gasteiger partial charge in [-0.1, -0.05) is 13.8 Å². The molecule has 0 spiro atoms. The van der Waals surface area contributed by atoms with Crippen LogP contribution in [0.5, 0.6) is 0 Å². The van der Waals surface area contributed by atoms with Crippen LogP contribution in [0.3, 0.4) is 0 Å². The molecule has 1 aromatic heterocycles. The summed E-state index contributed by atoms with van der Waals surface area (Å²) in [5.74, 6) is 0.638. The van der Waals surface area contributed by atoms with Crippen LogP contribution in [0.25, 0.3) is 0 Å². The number of piperazine rings is 1. The fourth-order valence-corrected chi connectivity index (χ4v) is 3.37. The second kappa shape index (κ2) is 6.72. The first-order valence-electron chi connectivity index (χ1n) is 6.78. The Morgan fingerprint density at radius 2 is 1.85 bits per heavy atom. The lowest BCUT2D eigenvalue weighted by molar-refractivity contribution is -0.133. The zero-order valence-electron chi connectivity index (χ0n) is 11.8. The number of hydrogen-bond acceptors (Lipinski definition) is 3. The normalized spacial score (nSPS) is 15.8. The van der Waals surface area contributed by atoms with Gasteiger partial charge in [0, 0.05) is 38.0 Å². The van der Waals surface area contributed by atoms with E-state index in [0.717, 1.165) is 9.35 Å². The van der Waals surface area contributed by atoms with Crippen LogP contribution in [0.2, 0.25) is 0 Å². The zero-order chi connectivity index (χ0) is 14.7. The van der Waals surface area contributed by atoms with Gasteiger partial charge in [0.15, 0.2) is 0 Å². The van der Waals surface area contributed by atoms with Gasteiger partial charge in [0.1, 0.15) is 0 Å². The highest BCUT2D eigenvalue weighted by Crippen LogP contribution is 2.22. The summed E-state index contributed by atoms with van der Waals surface area (Å²) in [5, 5.41) is 1.86. The summed E-state index contributed by atoms with van der Waals surface area (Å²) in [5.41, 5.74) is 0.726. The minimum absolute atomic E-state index is 0.0582. The summed E-state index contributed by atoms with van der Waals surface area (Å²) in [6, 6.07) is 1.85. The lowest BCUT2D eigenvalue weighted by Crippen LogP contribution is -2.50. The van der Waals surface area contributed by atoms with Gasteiger partial charge in [0.25, 0.3) is 5.91 Å². The molecule has 2 rings (SSSR count).